The molecule has 0 spiro atoms. The lowest BCUT2D eigenvalue weighted by molar-refractivity contribution is -0.126. The molecule has 0 rings (SSSR count). The molecule has 0 fully saturated rings. The van der Waals surface area contributed by atoms with Gasteiger partial charge in [-0.3, -0.25) is 4.79 Å². The maximum absolute atomic E-state index is 11.1. The topological polar surface area (TPSA) is 73.6 Å². The molecular weight excluding hydrogens is 216 g/mol. The number of hydrogen-bond acceptors (Lipinski definition) is 4. The van der Waals surface area contributed by atoms with E-state index in [2.05, 4.69) is 5.32 Å². The molecule has 6 heteroatoms. The Balaban J connectivity index is 3.22. The zero-order valence-corrected chi connectivity index (χ0v) is 9.77. The minimum Gasteiger partial charge on any atom is -0.393 e. The van der Waals surface area contributed by atoms with Crippen molar-refractivity contribution in [1.82, 2.24) is 5.32 Å². The second-order valence-electron chi connectivity index (χ2n) is 2.97. The van der Waals surface area contributed by atoms with E-state index in [1.807, 2.05) is 0 Å². The van der Waals surface area contributed by atoms with Gasteiger partial charge in [-0.1, -0.05) is 12.2 Å². The Morgan fingerprint density at radius 3 is 2.80 bits per heavy atom. The van der Waals surface area contributed by atoms with Crippen LogP contribution in [0.4, 0.5) is 0 Å². The smallest absolute Gasteiger partial charge is 0.245 e. The standard InChI is InChI=1S/C9H18N2O3S/c1-13-5-6-14-7-9(12)11-4-2-3-8(10)15/h2-7H2,1H3,(H2,10,15)(H,11,12). The number of hydrogen-bond donors (Lipinski definition) is 2. The van der Waals surface area contributed by atoms with Crippen molar-refractivity contribution in [1.29, 1.82) is 0 Å². The van der Waals surface area contributed by atoms with Gasteiger partial charge in [0.2, 0.25) is 5.91 Å². The third-order valence-electron chi connectivity index (χ3n) is 1.59. The largest absolute Gasteiger partial charge is 0.393 e. The maximum atomic E-state index is 11.1. The fraction of sp³-hybridized carbons (Fsp3) is 0.778. The molecule has 0 aliphatic rings. The second kappa shape index (κ2) is 9.82. The Hall–Kier alpha value is -0.720. The van der Waals surface area contributed by atoms with E-state index in [1.54, 1.807) is 7.11 Å². The Kier molecular flexibility index (Phi) is 9.35. The van der Waals surface area contributed by atoms with Crippen LogP contribution < -0.4 is 11.1 Å². The Labute approximate surface area is 95.3 Å². The lowest BCUT2D eigenvalue weighted by Crippen LogP contribution is -2.29. The Bertz CT molecular complexity index is 200. The third kappa shape index (κ3) is 11.2. The number of carbonyl (C=O) groups excluding carboxylic acids is 1. The number of methoxy groups -OCH3 is 1. The van der Waals surface area contributed by atoms with Gasteiger partial charge >= 0.3 is 0 Å². The van der Waals surface area contributed by atoms with Gasteiger partial charge in [-0.25, -0.2) is 0 Å². The number of thiocarbonyl (C=S) groups is 1. The van der Waals surface area contributed by atoms with Crippen molar-refractivity contribution < 1.29 is 14.3 Å². The van der Waals surface area contributed by atoms with Crippen molar-refractivity contribution in [2.24, 2.45) is 5.73 Å². The summed E-state index contributed by atoms with van der Waals surface area (Å²) in [6, 6.07) is 0. The van der Waals surface area contributed by atoms with Crippen molar-refractivity contribution in [2.75, 3.05) is 33.5 Å². The molecule has 1 amide bonds. The highest BCUT2D eigenvalue weighted by molar-refractivity contribution is 7.80. The highest BCUT2D eigenvalue weighted by Gasteiger charge is 2.00. The van der Waals surface area contributed by atoms with E-state index < -0.39 is 0 Å². The molecule has 0 unspecified atom stereocenters. The number of nitrogens with one attached hydrogen (secondary N) is 1. The van der Waals surface area contributed by atoms with Gasteiger partial charge in [-0.15, -0.1) is 0 Å². The number of rotatable bonds is 9. The number of nitrogens with two attached hydrogens (primary N) is 1. The van der Waals surface area contributed by atoms with E-state index in [0.717, 1.165) is 6.42 Å². The average Bonchev–Trinajstić information content (AvgIpc) is 2.19. The number of carbonyl (C=O) groups is 1. The van der Waals surface area contributed by atoms with E-state index in [4.69, 9.17) is 27.4 Å². The summed E-state index contributed by atoms with van der Waals surface area (Å²) in [6.07, 6.45) is 1.42. The number of ether oxygens (including phenoxy) is 2. The Morgan fingerprint density at radius 2 is 2.20 bits per heavy atom. The summed E-state index contributed by atoms with van der Waals surface area (Å²) in [5.41, 5.74) is 5.30. The second-order valence-corrected chi connectivity index (χ2v) is 3.49. The molecule has 88 valence electrons. The first-order valence-corrected chi connectivity index (χ1v) is 5.19. The van der Waals surface area contributed by atoms with Crippen LogP contribution in [0.5, 0.6) is 0 Å². The molecular formula is C9H18N2O3S. The molecule has 0 atom stereocenters. The predicted molar refractivity (Wildman–Crippen MR) is 61.7 cm³/mol. The summed E-state index contributed by atoms with van der Waals surface area (Å²) in [4.78, 5) is 11.6. The highest BCUT2D eigenvalue weighted by atomic mass is 32.1. The van der Waals surface area contributed by atoms with Crippen molar-refractivity contribution in [3.63, 3.8) is 0 Å². The highest BCUT2D eigenvalue weighted by Crippen LogP contribution is 1.86. The van der Waals surface area contributed by atoms with Crippen LogP contribution in [0.15, 0.2) is 0 Å². The lowest BCUT2D eigenvalue weighted by atomic mass is 10.3. The van der Waals surface area contributed by atoms with Gasteiger partial charge in [0.05, 0.1) is 18.2 Å². The molecule has 0 aliphatic carbocycles. The van der Waals surface area contributed by atoms with Gasteiger partial charge in [0, 0.05) is 13.7 Å². The summed E-state index contributed by atoms with van der Waals surface area (Å²) >= 11 is 4.70. The SMILES string of the molecule is COCCOCC(=O)NCCCC(N)=S. The van der Waals surface area contributed by atoms with E-state index in [1.165, 1.54) is 0 Å². The lowest BCUT2D eigenvalue weighted by Gasteiger charge is -2.05. The van der Waals surface area contributed by atoms with Gasteiger partial charge in [-0.2, -0.15) is 0 Å². The van der Waals surface area contributed by atoms with Crippen molar-refractivity contribution in [2.45, 2.75) is 12.8 Å². The van der Waals surface area contributed by atoms with Crippen LogP contribution in [0, 0.1) is 0 Å². The molecule has 0 aliphatic heterocycles. The predicted octanol–water partition coefficient (Wildman–Crippen LogP) is -0.168. The van der Waals surface area contributed by atoms with Crippen LogP contribution >= 0.6 is 12.2 Å². The number of amides is 1. The summed E-state index contributed by atoms with van der Waals surface area (Å²) < 4.78 is 9.79. The first-order valence-electron chi connectivity index (χ1n) is 4.78. The molecule has 0 saturated carbocycles. The quantitative estimate of drug-likeness (QED) is 0.428. The molecule has 3 N–H and O–H groups in total. The van der Waals surface area contributed by atoms with E-state index >= 15 is 0 Å². The van der Waals surface area contributed by atoms with Gasteiger partial charge in [-0.05, 0) is 12.8 Å². The minimum absolute atomic E-state index is 0.0659. The monoisotopic (exact) mass is 234 g/mol. The van der Waals surface area contributed by atoms with Crippen molar-refractivity contribution in [3.8, 4) is 0 Å². The normalized spacial score (nSPS) is 9.93. The van der Waals surface area contributed by atoms with Gasteiger partial charge in [0.15, 0.2) is 0 Å². The molecule has 0 bridgehead atoms. The van der Waals surface area contributed by atoms with Crippen LogP contribution in [0.3, 0.4) is 0 Å². The zero-order chi connectivity index (χ0) is 11.5. The summed E-state index contributed by atoms with van der Waals surface area (Å²) in [7, 11) is 1.58. The summed E-state index contributed by atoms with van der Waals surface area (Å²) in [6.45, 7) is 1.56. The molecule has 0 aromatic rings. The van der Waals surface area contributed by atoms with Crippen molar-refractivity contribution in [3.05, 3.63) is 0 Å². The van der Waals surface area contributed by atoms with Gasteiger partial charge in [0.1, 0.15) is 6.61 Å². The molecule has 0 radical (unpaired) electrons. The fourth-order valence-corrected chi connectivity index (χ4v) is 0.993. The van der Waals surface area contributed by atoms with Crippen LogP contribution in [0.1, 0.15) is 12.8 Å². The average molecular weight is 234 g/mol. The van der Waals surface area contributed by atoms with Crippen LogP contribution in [-0.4, -0.2) is 44.4 Å². The van der Waals surface area contributed by atoms with E-state index in [9.17, 15) is 4.79 Å². The first-order chi connectivity index (χ1) is 7.16. The van der Waals surface area contributed by atoms with Gasteiger partial charge in [0.25, 0.3) is 0 Å². The maximum Gasteiger partial charge on any atom is 0.245 e. The van der Waals surface area contributed by atoms with E-state index in [-0.39, 0.29) is 12.5 Å². The fourth-order valence-electron chi connectivity index (χ4n) is 0.849. The first kappa shape index (κ1) is 14.3. The summed E-state index contributed by atoms with van der Waals surface area (Å²) in [5.74, 6) is -0.131. The van der Waals surface area contributed by atoms with Gasteiger partial charge < -0.3 is 20.5 Å². The zero-order valence-electron chi connectivity index (χ0n) is 8.95. The molecule has 5 nitrogen and oxygen atoms in total. The van der Waals surface area contributed by atoms with E-state index in [0.29, 0.717) is 31.2 Å². The molecule has 0 aromatic heterocycles. The van der Waals surface area contributed by atoms with Crippen LogP contribution in [0.2, 0.25) is 0 Å². The van der Waals surface area contributed by atoms with Crippen molar-refractivity contribution >= 4 is 23.1 Å². The minimum atomic E-state index is -0.131. The summed E-state index contributed by atoms with van der Waals surface area (Å²) in [5, 5.41) is 2.69. The Morgan fingerprint density at radius 1 is 1.47 bits per heavy atom. The van der Waals surface area contributed by atoms with Crippen LogP contribution in [0.25, 0.3) is 0 Å². The molecule has 15 heavy (non-hydrogen) atoms. The molecule has 0 aromatic carbocycles. The van der Waals surface area contributed by atoms with Crippen LogP contribution in [-0.2, 0) is 14.3 Å². The molecule has 0 saturated heterocycles. The third-order valence-corrected chi connectivity index (χ3v) is 1.79. The molecule has 0 heterocycles.